The Hall–Kier alpha value is -2.04. The van der Waals surface area contributed by atoms with E-state index in [1.807, 2.05) is 0 Å². The van der Waals surface area contributed by atoms with E-state index in [1.54, 1.807) is 11.3 Å². The summed E-state index contributed by atoms with van der Waals surface area (Å²) in [4.78, 5) is 14.7. The van der Waals surface area contributed by atoms with E-state index in [1.165, 1.54) is 18.3 Å². The Morgan fingerprint density at radius 2 is 2.21 bits per heavy atom. The first-order valence-electron chi connectivity index (χ1n) is 4.00. The zero-order valence-electron chi connectivity index (χ0n) is 7.43. The number of carboxylic acid groups (broad SMARTS) is 1. The third-order valence-corrected chi connectivity index (χ3v) is 2.00. The van der Waals surface area contributed by atoms with Crippen LogP contribution in [0, 0.1) is 6.92 Å². The molecule has 0 saturated carbocycles. The summed E-state index contributed by atoms with van der Waals surface area (Å²) in [5, 5.41) is 18.0. The number of fused-ring (bicyclic) bond motifs is 1. The van der Waals surface area contributed by atoms with E-state index in [9.17, 15) is 9.90 Å². The van der Waals surface area contributed by atoms with Gasteiger partial charge in [0.25, 0.3) is 0 Å². The zero-order valence-corrected chi connectivity index (χ0v) is 7.43. The van der Waals surface area contributed by atoms with Crippen molar-refractivity contribution < 1.29 is 15.0 Å². The Morgan fingerprint density at radius 3 is 2.86 bits per heavy atom. The highest BCUT2D eigenvalue weighted by atomic mass is 16.4. The molecule has 0 amide bonds. The monoisotopic (exact) mass is 192 g/mol. The van der Waals surface area contributed by atoms with Gasteiger partial charge in [0.1, 0.15) is 11.6 Å². The summed E-state index contributed by atoms with van der Waals surface area (Å²) in [6, 6.07) is 2.96. The second-order valence-electron chi connectivity index (χ2n) is 2.96. The van der Waals surface area contributed by atoms with Crippen molar-refractivity contribution in [3.8, 4) is 5.75 Å². The SMILES string of the molecule is Cc1nc(C(=O)O)c2ccc(O)cn12. The molecule has 2 heterocycles. The molecule has 0 bridgehead atoms. The summed E-state index contributed by atoms with van der Waals surface area (Å²) >= 11 is 0. The van der Waals surface area contributed by atoms with E-state index in [4.69, 9.17) is 5.11 Å². The third-order valence-electron chi connectivity index (χ3n) is 2.00. The van der Waals surface area contributed by atoms with E-state index in [0.29, 0.717) is 11.3 Å². The number of pyridine rings is 1. The fourth-order valence-electron chi connectivity index (χ4n) is 1.38. The van der Waals surface area contributed by atoms with Crippen LogP contribution >= 0.6 is 0 Å². The molecule has 0 aliphatic rings. The van der Waals surface area contributed by atoms with Crippen molar-refractivity contribution in [2.24, 2.45) is 0 Å². The number of imidazole rings is 1. The van der Waals surface area contributed by atoms with Crippen LogP contribution in [0.15, 0.2) is 18.3 Å². The number of aromatic carboxylic acids is 1. The summed E-state index contributed by atoms with van der Waals surface area (Å²) in [6.07, 6.45) is 1.43. The molecular formula is C9H8N2O3. The number of aromatic nitrogens is 2. The van der Waals surface area contributed by atoms with Crippen LogP contribution in [0.25, 0.3) is 5.52 Å². The fourth-order valence-corrected chi connectivity index (χ4v) is 1.38. The number of hydrogen-bond acceptors (Lipinski definition) is 3. The predicted octanol–water partition coefficient (Wildman–Crippen LogP) is 1.05. The largest absolute Gasteiger partial charge is 0.506 e. The van der Waals surface area contributed by atoms with E-state index < -0.39 is 5.97 Å². The Balaban J connectivity index is 2.84. The number of rotatable bonds is 1. The van der Waals surface area contributed by atoms with Gasteiger partial charge in [-0.3, -0.25) is 4.40 Å². The van der Waals surface area contributed by atoms with Crippen LogP contribution in [0.5, 0.6) is 5.75 Å². The molecule has 0 saturated heterocycles. The van der Waals surface area contributed by atoms with Gasteiger partial charge in [-0.1, -0.05) is 0 Å². The molecular weight excluding hydrogens is 184 g/mol. The number of nitrogens with zero attached hydrogens (tertiary/aromatic N) is 2. The van der Waals surface area contributed by atoms with Crippen LogP contribution in [0.3, 0.4) is 0 Å². The van der Waals surface area contributed by atoms with Crippen LogP contribution in [0.1, 0.15) is 16.3 Å². The molecule has 2 N–H and O–H groups in total. The Kier molecular flexibility index (Phi) is 1.67. The first-order valence-corrected chi connectivity index (χ1v) is 4.00. The minimum atomic E-state index is -1.07. The molecule has 2 rings (SSSR count). The van der Waals surface area contributed by atoms with Gasteiger partial charge in [-0.15, -0.1) is 0 Å². The van der Waals surface area contributed by atoms with E-state index >= 15 is 0 Å². The second kappa shape index (κ2) is 2.73. The van der Waals surface area contributed by atoms with Crippen molar-refractivity contribution in [3.63, 3.8) is 0 Å². The Morgan fingerprint density at radius 1 is 1.50 bits per heavy atom. The molecule has 0 spiro atoms. The molecule has 0 aromatic carbocycles. The molecule has 0 radical (unpaired) electrons. The maximum absolute atomic E-state index is 10.8. The first kappa shape index (κ1) is 8.55. The van der Waals surface area contributed by atoms with Gasteiger partial charge in [0.2, 0.25) is 0 Å². The number of hydrogen-bond donors (Lipinski definition) is 2. The topological polar surface area (TPSA) is 74.8 Å². The van der Waals surface area contributed by atoms with Crippen molar-refractivity contribution >= 4 is 11.5 Å². The number of carbonyl (C=O) groups is 1. The fraction of sp³-hybridized carbons (Fsp3) is 0.111. The first-order chi connectivity index (χ1) is 6.59. The van der Waals surface area contributed by atoms with Gasteiger partial charge in [-0.2, -0.15) is 0 Å². The average molecular weight is 192 g/mol. The summed E-state index contributed by atoms with van der Waals surface area (Å²) in [7, 11) is 0. The molecule has 0 fully saturated rings. The maximum atomic E-state index is 10.8. The lowest BCUT2D eigenvalue weighted by atomic mass is 10.3. The lowest BCUT2D eigenvalue weighted by molar-refractivity contribution is 0.0693. The van der Waals surface area contributed by atoms with Gasteiger partial charge in [0.05, 0.1) is 11.7 Å². The molecule has 2 aromatic heterocycles. The minimum absolute atomic E-state index is 0.00231. The molecule has 72 valence electrons. The number of aromatic hydroxyl groups is 1. The van der Waals surface area contributed by atoms with Crippen molar-refractivity contribution in [3.05, 3.63) is 29.8 Å². The van der Waals surface area contributed by atoms with Gasteiger partial charge < -0.3 is 10.2 Å². The standard InChI is InChI=1S/C9H8N2O3/c1-5-10-8(9(13)14)7-3-2-6(12)4-11(5)7/h2-4,12H,1H3,(H,13,14). The average Bonchev–Trinajstić information content (AvgIpc) is 2.44. The lowest BCUT2D eigenvalue weighted by Gasteiger charge is -1.96. The summed E-state index contributed by atoms with van der Waals surface area (Å²) < 4.78 is 1.54. The van der Waals surface area contributed by atoms with E-state index in [0.717, 1.165) is 0 Å². The summed E-state index contributed by atoms with van der Waals surface area (Å²) in [5.41, 5.74) is 0.482. The quantitative estimate of drug-likeness (QED) is 0.708. The molecule has 0 atom stereocenters. The van der Waals surface area contributed by atoms with Crippen LogP contribution in [-0.2, 0) is 0 Å². The lowest BCUT2D eigenvalue weighted by Crippen LogP contribution is -1.97. The molecule has 5 heteroatoms. The smallest absolute Gasteiger partial charge is 0.356 e. The van der Waals surface area contributed by atoms with Crippen LogP contribution < -0.4 is 0 Å². The van der Waals surface area contributed by atoms with Crippen LogP contribution in [0.4, 0.5) is 0 Å². The van der Waals surface area contributed by atoms with E-state index in [2.05, 4.69) is 4.98 Å². The van der Waals surface area contributed by atoms with Crippen molar-refractivity contribution in [1.29, 1.82) is 0 Å². The Bertz CT molecular complexity index is 516. The summed E-state index contributed by atoms with van der Waals surface area (Å²) in [6.45, 7) is 1.68. The highest BCUT2D eigenvalue weighted by Gasteiger charge is 2.14. The van der Waals surface area contributed by atoms with Crippen molar-refractivity contribution in [2.45, 2.75) is 6.92 Å². The molecule has 5 nitrogen and oxygen atoms in total. The van der Waals surface area contributed by atoms with Crippen molar-refractivity contribution in [2.75, 3.05) is 0 Å². The minimum Gasteiger partial charge on any atom is -0.506 e. The highest BCUT2D eigenvalue weighted by Crippen LogP contribution is 2.17. The Labute approximate surface area is 79.2 Å². The highest BCUT2D eigenvalue weighted by molar-refractivity contribution is 5.93. The van der Waals surface area contributed by atoms with Crippen molar-refractivity contribution in [1.82, 2.24) is 9.38 Å². The van der Waals surface area contributed by atoms with Gasteiger partial charge >= 0.3 is 5.97 Å². The third kappa shape index (κ3) is 1.10. The maximum Gasteiger partial charge on any atom is 0.356 e. The van der Waals surface area contributed by atoms with Crippen LogP contribution in [0.2, 0.25) is 0 Å². The van der Waals surface area contributed by atoms with Gasteiger partial charge in [-0.05, 0) is 19.1 Å². The number of carboxylic acids is 1. The zero-order chi connectivity index (χ0) is 10.3. The summed E-state index contributed by atoms with van der Waals surface area (Å²) in [5.74, 6) is -0.454. The van der Waals surface area contributed by atoms with E-state index in [-0.39, 0.29) is 11.4 Å². The van der Waals surface area contributed by atoms with Gasteiger partial charge in [0.15, 0.2) is 5.69 Å². The van der Waals surface area contributed by atoms with Crippen LogP contribution in [-0.4, -0.2) is 25.6 Å². The second-order valence-corrected chi connectivity index (χ2v) is 2.96. The molecule has 0 aliphatic heterocycles. The molecule has 0 unspecified atom stereocenters. The molecule has 2 aromatic rings. The molecule has 0 aliphatic carbocycles. The number of aryl methyl sites for hydroxylation is 1. The van der Waals surface area contributed by atoms with Gasteiger partial charge in [-0.25, -0.2) is 9.78 Å². The predicted molar refractivity (Wildman–Crippen MR) is 48.6 cm³/mol. The van der Waals surface area contributed by atoms with Gasteiger partial charge in [0, 0.05) is 0 Å². The molecule has 14 heavy (non-hydrogen) atoms. The normalized spacial score (nSPS) is 10.6.